The Morgan fingerprint density at radius 2 is 2.12 bits per heavy atom. The van der Waals surface area contributed by atoms with Crippen LogP contribution in [0, 0.1) is 11.6 Å². The van der Waals surface area contributed by atoms with E-state index in [1.165, 1.54) is 0 Å². The molecule has 0 fully saturated rings. The molecule has 0 heterocycles. The van der Waals surface area contributed by atoms with Crippen molar-refractivity contribution >= 4 is 11.8 Å². The molecule has 96 valence electrons. The molecule has 0 aliphatic rings. The number of rotatable bonds is 7. The van der Waals surface area contributed by atoms with Gasteiger partial charge in [-0.15, -0.1) is 0 Å². The molecule has 0 spiro atoms. The van der Waals surface area contributed by atoms with E-state index >= 15 is 0 Å². The first-order valence-electron chi connectivity index (χ1n) is 5.84. The predicted octanol–water partition coefficient (Wildman–Crippen LogP) is 3.24. The minimum atomic E-state index is -0.763. The summed E-state index contributed by atoms with van der Waals surface area (Å²) in [6.45, 7) is 2.99. The number of halogens is 2. The second kappa shape index (κ2) is 7.67. The summed E-state index contributed by atoms with van der Waals surface area (Å²) in [4.78, 5) is 0. The van der Waals surface area contributed by atoms with E-state index in [0.717, 1.165) is 24.8 Å². The van der Waals surface area contributed by atoms with E-state index in [9.17, 15) is 8.78 Å². The molecule has 0 aliphatic carbocycles. The molecule has 0 amide bonds. The Hall–Kier alpha value is -0.610. The van der Waals surface area contributed by atoms with E-state index in [-0.39, 0.29) is 6.04 Å². The highest BCUT2D eigenvalue weighted by molar-refractivity contribution is 7.98. The van der Waals surface area contributed by atoms with E-state index in [1.807, 2.05) is 6.26 Å². The van der Waals surface area contributed by atoms with Gasteiger partial charge in [0.05, 0.1) is 0 Å². The summed E-state index contributed by atoms with van der Waals surface area (Å²) in [7, 11) is 0. The predicted molar refractivity (Wildman–Crippen MR) is 70.5 cm³/mol. The van der Waals surface area contributed by atoms with Crippen molar-refractivity contribution in [3.8, 4) is 0 Å². The highest BCUT2D eigenvalue weighted by Crippen LogP contribution is 2.14. The van der Waals surface area contributed by atoms with E-state index in [2.05, 4.69) is 12.2 Å². The van der Waals surface area contributed by atoms with Crippen LogP contribution in [0.3, 0.4) is 0 Å². The zero-order valence-electron chi connectivity index (χ0n) is 10.3. The second-order valence-electron chi connectivity index (χ2n) is 4.02. The molecule has 1 rings (SSSR count). The largest absolute Gasteiger partial charge is 0.313 e. The average Bonchev–Trinajstić information content (AvgIpc) is 2.32. The molecule has 1 aromatic carbocycles. The van der Waals surface area contributed by atoms with Crippen molar-refractivity contribution in [1.82, 2.24) is 5.32 Å². The van der Waals surface area contributed by atoms with Gasteiger partial charge in [0.15, 0.2) is 11.6 Å². The van der Waals surface area contributed by atoms with Gasteiger partial charge in [-0.2, -0.15) is 11.8 Å². The third kappa shape index (κ3) is 4.64. The summed E-state index contributed by atoms with van der Waals surface area (Å²) in [5.74, 6) is -0.576. The van der Waals surface area contributed by atoms with Crippen LogP contribution in [0.5, 0.6) is 0 Å². The molecule has 0 radical (unpaired) electrons. The van der Waals surface area contributed by atoms with Gasteiger partial charge in [-0.05, 0) is 37.3 Å². The summed E-state index contributed by atoms with van der Waals surface area (Å²) in [5, 5.41) is 3.36. The van der Waals surface area contributed by atoms with Crippen LogP contribution in [-0.2, 0) is 6.42 Å². The van der Waals surface area contributed by atoms with Crippen LogP contribution in [0.2, 0.25) is 0 Å². The molecule has 4 heteroatoms. The van der Waals surface area contributed by atoms with E-state index < -0.39 is 11.6 Å². The summed E-state index contributed by atoms with van der Waals surface area (Å²) in [6.07, 6.45) is 3.59. The van der Waals surface area contributed by atoms with Crippen molar-refractivity contribution in [3.63, 3.8) is 0 Å². The first kappa shape index (κ1) is 14.5. The number of benzene rings is 1. The fraction of sp³-hybridized carbons (Fsp3) is 0.538. The SMILES string of the molecule is CCCNC(CSC)Cc1cccc(F)c1F. The lowest BCUT2D eigenvalue weighted by Crippen LogP contribution is -2.34. The lowest BCUT2D eigenvalue weighted by Gasteiger charge is -2.17. The van der Waals surface area contributed by atoms with Gasteiger partial charge in [-0.1, -0.05) is 19.1 Å². The Bertz CT molecular complexity index is 344. The maximum atomic E-state index is 13.5. The van der Waals surface area contributed by atoms with Crippen molar-refractivity contribution < 1.29 is 8.78 Å². The summed E-state index contributed by atoms with van der Waals surface area (Å²) in [6, 6.07) is 4.56. The van der Waals surface area contributed by atoms with Crippen molar-refractivity contribution in [1.29, 1.82) is 0 Å². The zero-order chi connectivity index (χ0) is 12.7. The molecular weight excluding hydrogens is 240 g/mol. The molecule has 1 nitrogen and oxygen atoms in total. The minimum Gasteiger partial charge on any atom is -0.313 e. The van der Waals surface area contributed by atoms with Gasteiger partial charge in [-0.25, -0.2) is 8.78 Å². The summed E-state index contributed by atoms with van der Waals surface area (Å²) < 4.78 is 26.6. The van der Waals surface area contributed by atoms with Crippen molar-refractivity contribution in [2.24, 2.45) is 0 Å². The Morgan fingerprint density at radius 1 is 1.35 bits per heavy atom. The number of hydrogen-bond donors (Lipinski definition) is 1. The van der Waals surface area contributed by atoms with Gasteiger partial charge >= 0.3 is 0 Å². The second-order valence-corrected chi connectivity index (χ2v) is 4.93. The van der Waals surface area contributed by atoms with Gasteiger partial charge in [0.1, 0.15) is 0 Å². The molecule has 0 saturated carbocycles. The first-order chi connectivity index (χ1) is 8.19. The van der Waals surface area contributed by atoms with Crippen LogP contribution >= 0.6 is 11.8 Å². The van der Waals surface area contributed by atoms with Crippen LogP contribution in [0.4, 0.5) is 8.78 Å². The Kier molecular flexibility index (Phi) is 6.52. The summed E-state index contributed by atoms with van der Waals surface area (Å²) in [5.41, 5.74) is 0.452. The minimum absolute atomic E-state index is 0.196. The van der Waals surface area contributed by atoms with E-state index in [4.69, 9.17) is 0 Å². The molecule has 0 bridgehead atoms. The fourth-order valence-electron chi connectivity index (χ4n) is 1.71. The third-order valence-corrected chi connectivity index (χ3v) is 3.28. The zero-order valence-corrected chi connectivity index (χ0v) is 11.1. The lowest BCUT2D eigenvalue weighted by molar-refractivity contribution is 0.483. The number of nitrogens with one attached hydrogen (secondary N) is 1. The number of hydrogen-bond acceptors (Lipinski definition) is 2. The monoisotopic (exact) mass is 259 g/mol. The van der Waals surface area contributed by atoms with E-state index in [1.54, 1.807) is 23.9 Å². The van der Waals surface area contributed by atoms with Gasteiger partial charge < -0.3 is 5.32 Å². The topological polar surface area (TPSA) is 12.0 Å². The molecule has 0 aliphatic heterocycles. The van der Waals surface area contributed by atoms with Crippen molar-refractivity contribution in [2.45, 2.75) is 25.8 Å². The maximum absolute atomic E-state index is 13.5. The average molecular weight is 259 g/mol. The molecule has 0 saturated heterocycles. The smallest absolute Gasteiger partial charge is 0.162 e. The highest BCUT2D eigenvalue weighted by atomic mass is 32.2. The maximum Gasteiger partial charge on any atom is 0.162 e. The molecule has 1 aromatic rings. The van der Waals surface area contributed by atoms with Crippen LogP contribution in [-0.4, -0.2) is 24.6 Å². The van der Waals surface area contributed by atoms with Gasteiger partial charge in [-0.3, -0.25) is 0 Å². The lowest BCUT2D eigenvalue weighted by atomic mass is 10.1. The first-order valence-corrected chi connectivity index (χ1v) is 7.23. The molecule has 1 atom stereocenters. The third-order valence-electron chi connectivity index (χ3n) is 2.55. The Labute approximate surface area is 106 Å². The van der Waals surface area contributed by atoms with Crippen LogP contribution in [0.1, 0.15) is 18.9 Å². The van der Waals surface area contributed by atoms with E-state index in [0.29, 0.717) is 12.0 Å². The number of thioether (sulfide) groups is 1. The Balaban J connectivity index is 2.67. The fourth-order valence-corrected chi connectivity index (χ4v) is 2.35. The quantitative estimate of drug-likeness (QED) is 0.807. The molecule has 17 heavy (non-hydrogen) atoms. The molecule has 1 unspecified atom stereocenters. The van der Waals surface area contributed by atoms with Gasteiger partial charge in [0, 0.05) is 11.8 Å². The molecule has 1 N–H and O–H groups in total. The molecular formula is C13H19F2NS. The van der Waals surface area contributed by atoms with Crippen LogP contribution in [0.25, 0.3) is 0 Å². The van der Waals surface area contributed by atoms with Crippen LogP contribution < -0.4 is 5.32 Å². The van der Waals surface area contributed by atoms with Gasteiger partial charge in [0.25, 0.3) is 0 Å². The standard InChI is InChI=1S/C13H19F2NS/c1-3-7-16-11(9-17-2)8-10-5-4-6-12(14)13(10)15/h4-6,11,16H,3,7-9H2,1-2H3. The normalized spacial score (nSPS) is 12.7. The molecule has 0 aromatic heterocycles. The van der Waals surface area contributed by atoms with Crippen molar-refractivity contribution in [3.05, 3.63) is 35.4 Å². The van der Waals surface area contributed by atoms with Gasteiger partial charge in [0.2, 0.25) is 0 Å². The Morgan fingerprint density at radius 3 is 2.76 bits per heavy atom. The highest BCUT2D eigenvalue weighted by Gasteiger charge is 2.13. The van der Waals surface area contributed by atoms with Crippen LogP contribution in [0.15, 0.2) is 18.2 Å². The summed E-state index contributed by atoms with van der Waals surface area (Å²) >= 11 is 1.71. The van der Waals surface area contributed by atoms with Crippen molar-refractivity contribution in [2.75, 3.05) is 18.6 Å².